The van der Waals surface area contributed by atoms with Crippen molar-refractivity contribution in [1.82, 2.24) is 15.1 Å². The Hall–Kier alpha value is -2.48. The Kier molecular flexibility index (Phi) is 7.07. The number of carbonyl (C=O) groups is 1. The average Bonchev–Trinajstić information content (AvgIpc) is 2.70. The Morgan fingerprint density at radius 1 is 1.17 bits per heavy atom. The highest BCUT2D eigenvalue weighted by atomic mass is 16.6. The van der Waals surface area contributed by atoms with E-state index in [0.29, 0.717) is 31.9 Å². The van der Waals surface area contributed by atoms with Crippen LogP contribution in [0.5, 0.6) is 0 Å². The molecule has 1 amide bonds. The summed E-state index contributed by atoms with van der Waals surface area (Å²) in [6.45, 7) is 15.1. The first-order valence-corrected chi connectivity index (χ1v) is 10.6. The third kappa shape index (κ3) is 5.78. The molecule has 0 saturated carbocycles. The summed E-state index contributed by atoms with van der Waals surface area (Å²) in [6, 6.07) is 4.16. The smallest absolute Gasteiger partial charge is 0.410 e. The summed E-state index contributed by atoms with van der Waals surface area (Å²) in [6.07, 6.45) is -0.264. The first-order valence-electron chi connectivity index (χ1n) is 10.6. The number of azide groups is 1. The van der Waals surface area contributed by atoms with E-state index in [2.05, 4.69) is 31.2 Å². The number of rotatable bonds is 4. The van der Waals surface area contributed by atoms with Crippen molar-refractivity contribution < 1.29 is 9.53 Å². The summed E-state index contributed by atoms with van der Waals surface area (Å²) < 4.78 is 5.49. The molecule has 0 spiro atoms. The van der Waals surface area contributed by atoms with E-state index in [0.717, 1.165) is 44.0 Å². The zero-order valence-corrected chi connectivity index (χ0v) is 18.5. The van der Waals surface area contributed by atoms with Gasteiger partial charge in [-0.1, -0.05) is 5.11 Å². The lowest BCUT2D eigenvalue weighted by Gasteiger charge is -2.37. The van der Waals surface area contributed by atoms with Gasteiger partial charge in [-0.2, -0.15) is 0 Å². The number of ether oxygens (including phenoxy) is 1. The molecule has 1 N–H and O–H groups in total. The van der Waals surface area contributed by atoms with Crippen LogP contribution in [-0.4, -0.2) is 73.9 Å². The molecule has 164 valence electrons. The lowest BCUT2D eigenvalue weighted by Crippen LogP contribution is -2.50. The van der Waals surface area contributed by atoms with Crippen LogP contribution in [0.2, 0.25) is 0 Å². The summed E-state index contributed by atoms with van der Waals surface area (Å²) in [5.74, 6) is 0. The van der Waals surface area contributed by atoms with Crippen LogP contribution in [-0.2, 0) is 11.3 Å². The second-order valence-electron chi connectivity index (χ2n) is 8.92. The number of carbonyl (C=O) groups excluding carboxylic acids is 1. The Morgan fingerprint density at radius 2 is 1.83 bits per heavy atom. The fourth-order valence-corrected chi connectivity index (χ4v) is 3.82. The van der Waals surface area contributed by atoms with E-state index in [1.165, 1.54) is 5.56 Å². The topological polar surface area (TPSA) is 96.8 Å². The van der Waals surface area contributed by atoms with Gasteiger partial charge < -0.3 is 19.9 Å². The van der Waals surface area contributed by atoms with Crippen molar-refractivity contribution in [1.29, 1.82) is 0 Å². The molecule has 2 aliphatic rings. The number of amides is 1. The van der Waals surface area contributed by atoms with Crippen molar-refractivity contribution in [2.24, 2.45) is 5.11 Å². The van der Waals surface area contributed by atoms with E-state index < -0.39 is 5.60 Å². The standard InChI is InChI=1S/C21H33N7O2/c1-16-17(15-26-7-5-23-6-8-26)13-18(14-19(16)24-25-22)27-9-11-28(12-10-27)20(29)30-21(2,3)4/h13-14,23H,5-12,15H2,1-4H3. The van der Waals surface area contributed by atoms with Gasteiger partial charge in [-0.25, -0.2) is 4.79 Å². The van der Waals surface area contributed by atoms with Gasteiger partial charge in [-0.05, 0) is 56.5 Å². The molecule has 2 aliphatic heterocycles. The minimum Gasteiger partial charge on any atom is -0.444 e. The maximum absolute atomic E-state index is 12.3. The number of hydrogen-bond donors (Lipinski definition) is 1. The van der Waals surface area contributed by atoms with E-state index in [1.54, 1.807) is 4.90 Å². The van der Waals surface area contributed by atoms with E-state index in [9.17, 15) is 4.79 Å². The number of hydrogen-bond acceptors (Lipinski definition) is 6. The minimum atomic E-state index is -0.492. The molecule has 1 aromatic carbocycles. The third-order valence-corrected chi connectivity index (χ3v) is 5.53. The Balaban J connectivity index is 1.73. The molecule has 0 radical (unpaired) electrons. The maximum atomic E-state index is 12.3. The monoisotopic (exact) mass is 415 g/mol. The summed E-state index contributed by atoms with van der Waals surface area (Å²) in [5.41, 5.74) is 12.5. The summed E-state index contributed by atoms with van der Waals surface area (Å²) in [7, 11) is 0. The fourth-order valence-electron chi connectivity index (χ4n) is 3.82. The summed E-state index contributed by atoms with van der Waals surface area (Å²) in [4.78, 5) is 21.8. The van der Waals surface area contributed by atoms with Crippen LogP contribution in [0.15, 0.2) is 17.2 Å². The van der Waals surface area contributed by atoms with Crippen molar-refractivity contribution in [3.8, 4) is 0 Å². The molecule has 0 bridgehead atoms. The van der Waals surface area contributed by atoms with Crippen LogP contribution in [0, 0.1) is 6.92 Å². The summed E-state index contributed by atoms with van der Waals surface area (Å²) >= 11 is 0. The van der Waals surface area contributed by atoms with Crippen LogP contribution in [0.25, 0.3) is 10.4 Å². The van der Waals surface area contributed by atoms with E-state index in [4.69, 9.17) is 10.3 Å². The molecule has 0 aromatic heterocycles. The highest BCUT2D eigenvalue weighted by Gasteiger charge is 2.26. The van der Waals surface area contributed by atoms with Crippen LogP contribution in [0.3, 0.4) is 0 Å². The van der Waals surface area contributed by atoms with Gasteiger partial charge in [0, 0.05) is 75.2 Å². The Morgan fingerprint density at radius 3 is 2.43 bits per heavy atom. The van der Waals surface area contributed by atoms with Crippen molar-refractivity contribution in [2.75, 3.05) is 57.3 Å². The first kappa shape index (κ1) is 22.2. The van der Waals surface area contributed by atoms with Crippen molar-refractivity contribution in [3.05, 3.63) is 33.7 Å². The van der Waals surface area contributed by atoms with Crippen molar-refractivity contribution in [2.45, 2.75) is 39.8 Å². The van der Waals surface area contributed by atoms with Gasteiger partial charge in [0.05, 0.1) is 0 Å². The van der Waals surface area contributed by atoms with E-state index in [1.807, 2.05) is 33.8 Å². The molecule has 2 heterocycles. The Bertz CT molecular complexity index is 800. The molecule has 2 fully saturated rings. The lowest BCUT2D eigenvalue weighted by atomic mass is 10.0. The van der Waals surface area contributed by atoms with Crippen LogP contribution < -0.4 is 10.2 Å². The molecule has 30 heavy (non-hydrogen) atoms. The average molecular weight is 416 g/mol. The van der Waals surface area contributed by atoms with Crippen LogP contribution in [0.4, 0.5) is 16.2 Å². The van der Waals surface area contributed by atoms with Crippen molar-refractivity contribution >= 4 is 17.5 Å². The zero-order chi connectivity index (χ0) is 21.7. The SMILES string of the molecule is Cc1c(CN2CCNCC2)cc(N2CCN(C(=O)OC(C)(C)C)CC2)cc1N=[N+]=[N-]. The zero-order valence-electron chi connectivity index (χ0n) is 18.5. The van der Waals surface area contributed by atoms with Gasteiger partial charge >= 0.3 is 6.09 Å². The van der Waals surface area contributed by atoms with Gasteiger partial charge in [0.25, 0.3) is 0 Å². The van der Waals surface area contributed by atoms with Crippen LogP contribution >= 0.6 is 0 Å². The predicted octanol–water partition coefficient (Wildman–Crippen LogP) is 3.40. The van der Waals surface area contributed by atoms with Gasteiger partial charge in [0.1, 0.15) is 5.60 Å². The second-order valence-corrected chi connectivity index (χ2v) is 8.92. The van der Waals surface area contributed by atoms with Gasteiger partial charge in [-0.3, -0.25) is 4.90 Å². The highest BCUT2D eigenvalue weighted by molar-refractivity contribution is 5.69. The largest absolute Gasteiger partial charge is 0.444 e. The molecule has 9 nitrogen and oxygen atoms in total. The van der Waals surface area contributed by atoms with E-state index in [-0.39, 0.29) is 6.09 Å². The number of anilines is 1. The van der Waals surface area contributed by atoms with Crippen LogP contribution in [0.1, 0.15) is 31.9 Å². The normalized spacial score (nSPS) is 18.1. The fraction of sp³-hybridized carbons (Fsp3) is 0.667. The molecule has 0 atom stereocenters. The minimum absolute atomic E-state index is 0.264. The quantitative estimate of drug-likeness (QED) is 0.462. The molecule has 0 unspecified atom stereocenters. The number of nitrogens with one attached hydrogen (secondary N) is 1. The molecule has 2 saturated heterocycles. The summed E-state index contributed by atoms with van der Waals surface area (Å²) in [5, 5.41) is 7.32. The molecule has 9 heteroatoms. The van der Waals surface area contributed by atoms with E-state index >= 15 is 0 Å². The van der Waals surface area contributed by atoms with Gasteiger partial charge in [-0.15, -0.1) is 0 Å². The molecule has 1 aromatic rings. The highest BCUT2D eigenvalue weighted by Crippen LogP contribution is 2.31. The molecule has 0 aliphatic carbocycles. The number of nitrogens with zero attached hydrogens (tertiary/aromatic N) is 6. The molecular weight excluding hydrogens is 382 g/mol. The first-order chi connectivity index (χ1) is 14.3. The van der Waals surface area contributed by atoms with Gasteiger partial charge in [0.15, 0.2) is 0 Å². The lowest BCUT2D eigenvalue weighted by molar-refractivity contribution is 0.0240. The number of benzene rings is 1. The number of piperazine rings is 2. The Labute approximate surface area is 178 Å². The molecule has 3 rings (SSSR count). The molecular formula is C21H33N7O2. The second kappa shape index (κ2) is 9.55. The maximum Gasteiger partial charge on any atom is 0.410 e. The van der Waals surface area contributed by atoms with Gasteiger partial charge in [0.2, 0.25) is 0 Å². The third-order valence-electron chi connectivity index (χ3n) is 5.53. The van der Waals surface area contributed by atoms with Crippen molar-refractivity contribution in [3.63, 3.8) is 0 Å². The predicted molar refractivity (Wildman–Crippen MR) is 118 cm³/mol.